The van der Waals surface area contributed by atoms with Crippen molar-refractivity contribution in [3.63, 3.8) is 0 Å². The number of hydrogen-bond donors (Lipinski definition) is 1. The summed E-state index contributed by atoms with van der Waals surface area (Å²) in [5, 5.41) is 10.0. The molecule has 0 aliphatic heterocycles. The molecule has 140 valence electrons. The third-order valence-corrected chi connectivity index (χ3v) is 6.36. The molecule has 0 amide bonds. The molecule has 6 nitrogen and oxygen atoms in total. The van der Waals surface area contributed by atoms with Gasteiger partial charge in [-0.3, -0.25) is 4.99 Å². The Morgan fingerprint density at radius 2 is 1.88 bits per heavy atom. The highest BCUT2D eigenvalue weighted by Crippen LogP contribution is 2.29. The molecule has 8 heteroatoms. The van der Waals surface area contributed by atoms with E-state index >= 15 is 0 Å². The molecule has 0 unspecified atom stereocenters. The summed E-state index contributed by atoms with van der Waals surface area (Å²) < 4.78 is 31.9. The van der Waals surface area contributed by atoms with Gasteiger partial charge in [0.05, 0.1) is 17.8 Å². The minimum Gasteiger partial charge on any atom is -0.507 e. The number of ether oxygens (including phenoxy) is 1. The van der Waals surface area contributed by atoms with Crippen LogP contribution in [0, 0.1) is 0 Å². The fourth-order valence-corrected chi connectivity index (χ4v) is 4.33. The minimum atomic E-state index is -3.70. The monoisotopic (exact) mass is 396 g/mol. The van der Waals surface area contributed by atoms with Crippen molar-refractivity contribution in [2.24, 2.45) is 4.99 Å². The lowest BCUT2D eigenvalue weighted by atomic mass is 10.2. The molecule has 0 spiro atoms. The summed E-state index contributed by atoms with van der Waals surface area (Å²) in [6.45, 7) is 4.23. The predicted molar refractivity (Wildman–Crippen MR) is 103 cm³/mol. The van der Waals surface area contributed by atoms with Crippen LogP contribution in [0.3, 0.4) is 0 Å². The molecular formula is C18H21ClN2O4S. The number of aromatic hydroxyl groups is 1. The molecule has 0 radical (unpaired) electrons. The molecule has 26 heavy (non-hydrogen) atoms. The van der Waals surface area contributed by atoms with Crippen molar-refractivity contribution in [3.05, 3.63) is 47.0 Å². The summed E-state index contributed by atoms with van der Waals surface area (Å²) in [4.78, 5) is 4.26. The van der Waals surface area contributed by atoms with Gasteiger partial charge in [0.25, 0.3) is 0 Å². The number of rotatable bonds is 7. The Hall–Kier alpha value is -2.09. The van der Waals surface area contributed by atoms with Gasteiger partial charge >= 0.3 is 0 Å². The average Bonchev–Trinajstić information content (AvgIpc) is 2.62. The molecule has 0 aromatic heterocycles. The Kier molecular flexibility index (Phi) is 6.63. The van der Waals surface area contributed by atoms with Gasteiger partial charge in [-0.15, -0.1) is 0 Å². The fraction of sp³-hybridized carbons (Fsp3) is 0.278. The lowest BCUT2D eigenvalue weighted by molar-refractivity contribution is 0.412. The van der Waals surface area contributed by atoms with Gasteiger partial charge in [-0.25, -0.2) is 8.42 Å². The van der Waals surface area contributed by atoms with Gasteiger partial charge < -0.3 is 9.84 Å². The van der Waals surface area contributed by atoms with Crippen LogP contribution in [0.5, 0.6) is 11.5 Å². The number of methoxy groups -OCH3 is 1. The first-order chi connectivity index (χ1) is 12.3. The summed E-state index contributed by atoms with van der Waals surface area (Å²) in [6, 6.07) is 9.28. The molecule has 0 saturated heterocycles. The Morgan fingerprint density at radius 3 is 2.50 bits per heavy atom. The van der Waals surface area contributed by atoms with E-state index in [1.165, 1.54) is 35.8 Å². The maximum atomic E-state index is 12.7. The van der Waals surface area contributed by atoms with Crippen molar-refractivity contribution in [1.82, 2.24) is 4.31 Å². The molecule has 0 aliphatic rings. The molecule has 0 fully saturated rings. The topological polar surface area (TPSA) is 79.2 Å². The number of benzene rings is 2. The van der Waals surface area contributed by atoms with Crippen LogP contribution in [0.4, 0.5) is 5.69 Å². The Bertz CT molecular complexity index is 909. The molecule has 2 rings (SSSR count). The van der Waals surface area contributed by atoms with E-state index in [1.54, 1.807) is 32.0 Å². The molecule has 2 aromatic rings. The molecule has 0 heterocycles. The molecule has 0 atom stereocenters. The van der Waals surface area contributed by atoms with Gasteiger partial charge in [0.2, 0.25) is 10.0 Å². The van der Waals surface area contributed by atoms with Crippen LogP contribution >= 0.6 is 11.6 Å². The van der Waals surface area contributed by atoms with Crippen LogP contribution < -0.4 is 4.74 Å². The van der Waals surface area contributed by atoms with Gasteiger partial charge in [-0.05, 0) is 36.4 Å². The van der Waals surface area contributed by atoms with Crippen LogP contribution in [-0.2, 0) is 10.0 Å². The molecular weight excluding hydrogens is 376 g/mol. The first-order valence-corrected chi connectivity index (χ1v) is 9.86. The summed E-state index contributed by atoms with van der Waals surface area (Å²) >= 11 is 6.11. The number of halogens is 1. The zero-order chi connectivity index (χ0) is 19.3. The van der Waals surface area contributed by atoms with E-state index in [-0.39, 0.29) is 15.7 Å². The third-order valence-electron chi connectivity index (χ3n) is 3.83. The molecule has 0 aliphatic carbocycles. The minimum absolute atomic E-state index is 0.00683. The van der Waals surface area contributed by atoms with E-state index in [2.05, 4.69) is 4.99 Å². The van der Waals surface area contributed by atoms with Crippen molar-refractivity contribution in [2.45, 2.75) is 18.7 Å². The lowest BCUT2D eigenvalue weighted by Gasteiger charge is -2.19. The van der Waals surface area contributed by atoms with Gasteiger partial charge in [0.1, 0.15) is 16.4 Å². The molecule has 1 N–H and O–H groups in total. The van der Waals surface area contributed by atoms with Crippen molar-refractivity contribution in [3.8, 4) is 11.5 Å². The number of sulfonamides is 1. The predicted octanol–water partition coefficient (Wildman–Crippen LogP) is 3.84. The second-order valence-electron chi connectivity index (χ2n) is 5.39. The maximum absolute atomic E-state index is 12.7. The third kappa shape index (κ3) is 4.35. The zero-order valence-corrected chi connectivity index (χ0v) is 16.4. The highest BCUT2D eigenvalue weighted by Gasteiger charge is 2.24. The summed E-state index contributed by atoms with van der Waals surface area (Å²) in [5.74, 6) is 0.615. The first kappa shape index (κ1) is 20.2. The summed E-state index contributed by atoms with van der Waals surface area (Å²) in [5.41, 5.74) is 0.856. The molecule has 0 saturated carbocycles. The Balaban J connectivity index is 2.42. The summed E-state index contributed by atoms with van der Waals surface area (Å²) in [7, 11) is -2.17. The van der Waals surface area contributed by atoms with Crippen molar-refractivity contribution in [1.29, 1.82) is 0 Å². The van der Waals surface area contributed by atoms with Crippen molar-refractivity contribution in [2.75, 3.05) is 20.2 Å². The van der Waals surface area contributed by atoms with E-state index in [1.807, 2.05) is 0 Å². The maximum Gasteiger partial charge on any atom is 0.244 e. The summed E-state index contributed by atoms with van der Waals surface area (Å²) in [6.07, 6.45) is 1.44. The quantitative estimate of drug-likeness (QED) is 0.721. The fourth-order valence-electron chi connectivity index (χ4n) is 2.38. The lowest BCUT2D eigenvalue weighted by Crippen LogP contribution is -2.30. The van der Waals surface area contributed by atoms with Crippen LogP contribution in [0.2, 0.25) is 5.02 Å². The standard InChI is InChI=1S/C18H21ClN2O4S/c1-4-21(5-2)26(23,24)18-11-14(6-8-16(18)19)20-12-13-10-15(25-3)7-9-17(13)22/h6-12,22H,4-5H2,1-3H3. The van der Waals surface area contributed by atoms with E-state index in [0.717, 1.165) is 0 Å². The molecule has 2 aromatic carbocycles. The van der Waals surface area contributed by atoms with Crippen LogP contribution in [-0.4, -0.2) is 44.2 Å². The largest absolute Gasteiger partial charge is 0.507 e. The highest BCUT2D eigenvalue weighted by molar-refractivity contribution is 7.89. The second kappa shape index (κ2) is 8.53. The Morgan fingerprint density at radius 1 is 1.19 bits per heavy atom. The van der Waals surface area contributed by atoms with Crippen LogP contribution in [0.1, 0.15) is 19.4 Å². The SMILES string of the molecule is CCN(CC)S(=O)(=O)c1cc(N=Cc2cc(OC)ccc2O)ccc1Cl. The van der Waals surface area contributed by atoms with Gasteiger partial charge in [0.15, 0.2) is 0 Å². The number of hydrogen-bond acceptors (Lipinski definition) is 5. The van der Waals surface area contributed by atoms with Crippen LogP contribution in [0.15, 0.2) is 46.3 Å². The first-order valence-electron chi connectivity index (χ1n) is 8.04. The van der Waals surface area contributed by atoms with E-state index in [4.69, 9.17) is 16.3 Å². The number of nitrogens with zero attached hydrogens (tertiary/aromatic N) is 2. The number of aliphatic imine (C=N–C) groups is 1. The zero-order valence-electron chi connectivity index (χ0n) is 14.8. The van der Waals surface area contributed by atoms with Crippen molar-refractivity contribution >= 4 is 33.5 Å². The number of phenols is 1. The number of phenolic OH excluding ortho intramolecular Hbond substituents is 1. The van der Waals surface area contributed by atoms with Crippen LogP contribution in [0.25, 0.3) is 0 Å². The van der Waals surface area contributed by atoms with E-state index in [9.17, 15) is 13.5 Å². The van der Waals surface area contributed by atoms with Gasteiger partial charge in [-0.1, -0.05) is 25.4 Å². The van der Waals surface area contributed by atoms with E-state index < -0.39 is 10.0 Å². The van der Waals surface area contributed by atoms with Crippen molar-refractivity contribution < 1.29 is 18.3 Å². The van der Waals surface area contributed by atoms with Gasteiger partial charge in [0, 0.05) is 24.9 Å². The molecule has 0 bridgehead atoms. The van der Waals surface area contributed by atoms with Gasteiger partial charge in [-0.2, -0.15) is 4.31 Å². The van der Waals surface area contributed by atoms with E-state index in [0.29, 0.717) is 30.1 Å². The second-order valence-corrected chi connectivity index (χ2v) is 7.70. The smallest absolute Gasteiger partial charge is 0.244 e. The highest BCUT2D eigenvalue weighted by atomic mass is 35.5. The Labute approximate surface area is 158 Å². The normalized spacial score (nSPS) is 12.0. The average molecular weight is 397 g/mol.